The number of aryl methyl sites for hydroxylation is 1. The molecular weight excluding hydrogens is 504 g/mol. The number of likely N-dealkylation sites (N-methyl/N-ethyl adjacent to an activating group) is 1. The summed E-state index contributed by atoms with van der Waals surface area (Å²) in [7, 11) is 2.14. The van der Waals surface area contributed by atoms with Crippen LogP contribution in [0.15, 0.2) is 24.4 Å². The molecule has 2 fully saturated rings. The van der Waals surface area contributed by atoms with Gasteiger partial charge in [-0.05, 0) is 57.5 Å². The minimum atomic E-state index is -2.71. The summed E-state index contributed by atoms with van der Waals surface area (Å²) in [5.74, 6) is 0.401. The van der Waals surface area contributed by atoms with Crippen LogP contribution in [0.2, 0.25) is 0 Å². The topological polar surface area (TPSA) is 85.9 Å². The van der Waals surface area contributed by atoms with Crippen molar-refractivity contribution in [1.82, 2.24) is 19.8 Å². The standard InChI is InChI=1S/C28H41F2N7O2/c1-5-20-17-21(36-13-11-35(4)12-14-36)7-8-23(20)33-27-32-18-22(24(29)30)25(34-27)31-9-6-10-37-15-16-39-19-28(2,3)26(37)38/h7-8,17-18,24H,5-6,9-16,19H2,1-4H3,(H2,31,32,33,34). The Morgan fingerprint density at radius 2 is 1.92 bits per heavy atom. The number of alkyl halides is 2. The van der Waals surface area contributed by atoms with E-state index in [1.807, 2.05) is 19.9 Å². The van der Waals surface area contributed by atoms with Gasteiger partial charge in [-0.1, -0.05) is 6.92 Å². The zero-order valence-electron chi connectivity index (χ0n) is 23.5. The minimum absolute atomic E-state index is 0.0483. The quantitative estimate of drug-likeness (QED) is 0.431. The van der Waals surface area contributed by atoms with Crippen molar-refractivity contribution in [3.63, 3.8) is 0 Å². The van der Waals surface area contributed by atoms with Crippen LogP contribution in [-0.2, 0) is 16.0 Å². The molecule has 214 valence electrons. The number of amides is 1. The first-order chi connectivity index (χ1) is 18.7. The van der Waals surface area contributed by atoms with Crippen molar-refractivity contribution in [2.75, 3.05) is 81.6 Å². The van der Waals surface area contributed by atoms with Crippen LogP contribution < -0.4 is 15.5 Å². The van der Waals surface area contributed by atoms with Crippen LogP contribution in [-0.4, -0.2) is 91.7 Å². The lowest BCUT2D eigenvalue weighted by molar-refractivity contribution is -0.139. The number of hydrogen-bond acceptors (Lipinski definition) is 8. The summed E-state index contributed by atoms with van der Waals surface area (Å²) in [5, 5.41) is 6.28. The number of anilines is 4. The predicted molar refractivity (Wildman–Crippen MR) is 150 cm³/mol. The van der Waals surface area contributed by atoms with E-state index in [1.54, 1.807) is 4.90 Å². The van der Waals surface area contributed by atoms with Gasteiger partial charge < -0.3 is 30.1 Å². The smallest absolute Gasteiger partial charge is 0.268 e. The van der Waals surface area contributed by atoms with Gasteiger partial charge in [0.1, 0.15) is 5.82 Å². The van der Waals surface area contributed by atoms with Crippen LogP contribution in [0.25, 0.3) is 0 Å². The van der Waals surface area contributed by atoms with Crippen molar-refractivity contribution in [2.45, 2.75) is 40.0 Å². The maximum Gasteiger partial charge on any atom is 0.268 e. The Morgan fingerprint density at radius 3 is 2.64 bits per heavy atom. The number of nitrogens with zero attached hydrogens (tertiary/aromatic N) is 5. The highest BCUT2D eigenvalue weighted by atomic mass is 19.3. The molecule has 0 radical (unpaired) electrons. The molecule has 0 unspecified atom stereocenters. The Hall–Kier alpha value is -3.05. The van der Waals surface area contributed by atoms with E-state index in [0.29, 0.717) is 39.3 Å². The number of ether oxygens (including phenoxy) is 1. The molecule has 9 nitrogen and oxygen atoms in total. The second-order valence-electron chi connectivity index (χ2n) is 10.9. The fraction of sp³-hybridized carbons (Fsp3) is 0.607. The zero-order valence-corrected chi connectivity index (χ0v) is 23.5. The Kier molecular flexibility index (Phi) is 9.55. The van der Waals surface area contributed by atoms with Crippen molar-refractivity contribution < 1.29 is 18.3 Å². The number of piperazine rings is 1. The lowest BCUT2D eigenvalue weighted by Crippen LogP contribution is -2.44. The van der Waals surface area contributed by atoms with Crippen molar-refractivity contribution in [1.29, 1.82) is 0 Å². The predicted octanol–water partition coefficient (Wildman–Crippen LogP) is 4.16. The van der Waals surface area contributed by atoms with Gasteiger partial charge in [0.05, 0.1) is 24.2 Å². The van der Waals surface area contributed by atoms with Gasteiger partial charge in [-0.3, -0.25) is 4.79 Å². The van der Waals surface area contributed by atoms with Crippen molar-refractivity contribution >= 4 is 29.0 Å². The van der Waals surface area contributed by atoms with E-state index in [2.05, 4.69) is 56.5 Å². The Bertz CT molecular complexity index is 1120. The first-order valence-electron chi connectivity index (χ1n) is 13.8. The molecule has 0 saturated carbocycles. The molecule has 1 aromatic heterocycles. The second kappa shape index (κ2) is 12.9. The number of aromatic nitrogens is 2. The van der Waals surface area contributed by atoms with Gasteiger partial charge in [0.2, 0.25) is 11.9 Å². The maximum absolute atomic E-state index is 13.7. The van der Waals surface area contributed by atoms with Crippen molar-refractivity contribution in [2.24, 2.45) is 5.41 Å². The molecule has 1 aromatic carbocycles. The molecule has 4 rings (SSSR count). The average Bonchev–Trinajstić information content (AvgIpc) is 3.04. The molecule has 11 heteroatoms. The fourth-order valence-corrected chi connectivity index (χ4v) is 4.91. The van der Waals surface area contributed by atoms with Gasteiger partial charge >= 0.3 is 0 Å². The van der Waals surface area contributed by atoms with Gasteiger partial charge in [0, 0.05) is 63.4 Å². The van der Waals surface area contributed by atoms with E-state index in [9.17, 15) is 13.6 Å². The molecule has 39 heavy (non-hydrogen) atoms. The molecule has 2 N–H and O–H groups in total. The number of hydrogen-bond donors (Lipinski definition) is 2. The zero-order chi connectivity index (χ0) is 28.0. The number of halogens is 2. The fourth-order valence-electron chi connectivity index (χ4n) is 4.91. The van der Waals surface area contributed by atoms with Crippen LogP contribution in [0.1, 0.15) is 44.7 Å². The number of carbonyl (C=O) groups excluding carboxylic acids is 1. The lowest BCUT2D eigenvalue weighted by atomic mass is 9.93. The van der Waals surface area contributed by atoms with Crippen LogP contribution in [0.5, 0.6) is 0 Å². The molecule has 1 amide bonds. The molecule has 2 saturated heterocycles. The first-order valence-corrected chi connectivity index (χ1v) is 13.8. The molecule has 0 aliphatic carbocycles. The second-order valence-corrected chi connectivity index (χ2v) is 10.9. The summed E-state index contributed by atoms with van der Waals surface area (Å²) >= 11 is 0. The summed E-state index contributed by atoms with van der Waals surface area (Å²) in [5.41, 5.74) is 2.33. The van der Waals surface area contributed by atoms with Crippen molar-refractivity contribution in [3.05, 3.63) is 35.5 Å². The van der Waals surface area contributed by atoms with Gasteiger partial charge in [-0.25, -0.2) is 13.8 Å². The number of benzene rings is 1. The highest BCUT2D eigenvalue weighted by molar-refractivity contribution is 5.82. The van der Waals surface area contributed by atoms with E-state index in [4.69, 9.17) is 4.74 Å². The molecule has 0 spiro atoms. The molecule has 3 heterocycles. The molecule has 2 aromatic rings. The van der Waals surface area contributed by atoms with Gasteiger partial charge in [-0.15, -0.1) is 0 Å². The van der Waals surface area contributed by atoms with E-state index in [0.717, 1.165) is 43.9 Å². The molecule has 2 aliphatic rings. The van der Waals surface area contributed by atoms with Gasteiger partial charge in [0.15, 0.2) is 0 Å². The molecule has 0 atom stereocenters. The van der Waals surface area contributed by atoms with Crippen LogP contribution >= 0.6 is 0 Å². The summed E-state index contributed by atoms with van der Waals surface area (Å²) in [6.07, 6.45) is -0.141. The minimum Gasteiger partial charge on any atom is -0.379 e. The number of rotatable bonds is 10. The third-order valence-corrected chi connectivity index (χ3v) is 7.37. The van der Waals surface area contributed by atoms with Crippen LogP contribution in [0.3, 0.4) is 0 Å². The molecule has 0 bridgehead atoms. The summed E-state index contributed by atoms with van der Waals surface area (Å²) < 4.78 is 33.0. The first kappa shape index (κ1) is 28.9. The van der Waals surface area contributed by atoms with Gasteiger partial charge in [-0.2, -0.15) is 4.98 Å². The van der Waals surface area contributed by atoms with E-state index in [-0.39, 0.29) is 23.2 Å². The number of carbonyl (C=O) groups is 1. The number of nitrogens with one attached hydrogen (secondary N) is 2. The Balaban J connectivity index is 1.41. The Labute approximate surface area is 229 Å². The third kappa shape index (κ3) is 7.33. The van der Waals surface area contributed by atoms with Crippen molar-refractivity contribution in [3.8, 4) is 0 Å². The highest BCUT2D eigenvalue weighted by Gasteiger charge is 2.34. The van der Waals surface area contributed by atoms with Crippen LogP contribution in [0, 0.1) is 5.41 Å². The monoisotopic (exact) mass is 545 g/mol. The van der Waals surface area contributed by atoms with E-state index < -0.39 is 11.8 Å². The van der Waals surface area contributed by atoms with Gasteiger partial charge in [0.25, 0.3) is 6.43 Å². The SMILES string of the molecule is CCc1cc(N2CCN(C)CC2)ccc1Nc1ncc(C(F)F)c(NCCCN2CCOCC(C)(C)C2=O)n1. The lowest BCUT2D eigenvalue weighted by Gasteiger charge is -2.34. The van der Waals surface area contributed by atoms with E-state index in [1.165, 1.54) is 11.9 Å². The average molecular weight is 546 g/mol. The third-order valence-electron chi connectivity index (χ3n) is 7.37. The largest absolute Gasteiger partial charge is 0.379 e. The summed E-state index contributed by atoms with van der Waals surface area (Å²) in [6.45, 7) is 12.2. The summed E-state index contributed by atoms with van der Waals surface area (Å²) in [6, 6.07) is 6.26. The normalized spacial score (nSPS) is 18.4. The highest BCUT2D eigenvalue weighted by Crippen LogP contribution is 2.29. The van der Waals surface area contributed by atoms with E-state index >= 15 is 0 Å². The Morgan fingerprint density at radius 1 is 1.15 bits per heavy atom. The molecular formula is C28H41F2N7O2. The molecule has 2 aliphatic heterocycles. The van der Waals surface area contributed by atoms with Crippen LogP contribution in [0.4, 0.5) is 31.9 Å². The summed E-state index contributed by atoms with van der Waals surface area (Å²) in [4.78, 5) is 27.8. The maximum atomic E-state index is 13.7.